The van der Waals surface area contributed by atoms with Crippen molar-refractivity contribution in [3.8, 4) is 11.5 Å². The average molecular weight is 388 g/mol. The molecule has 1 spiro atoms. The first kappa shape index (κ1) is 18.3. The monoisotopic (exact) mass is 388 g/mol. The Morgan fingerprint density at radius 2 is 1.93 bits per heavy atom. The van der Waals surface area contributed by atoms with Gasteiger partial charge in [0, 0.05) is 13.1 Å². The van der Waals surface area contributed by atoms with E-state index in [-0.39, 0.29) is 11.5 Å². The van der Waals surface area contributed by atoms with Crippen LogP contribution in [0.2, 0.25) is 0 Å². The topological polar surface area (TPSA) is 60.9 Å². The number of aryl methyl sites for hydroxylation is 1. The highest BCUT2D eigenvalue weighted by molar-refractivity contribution is 7.11. The molecule has 0 radical (unpaired) electrons. The third-order valence-electron chi connectivity index (χ3n) is 5.65. The normalized spacial score (nSPS) is 18.3. The Bertz CT molecular complexity index is 856. The third-order valence-corrected chi connectivity index (χ3v) is 6.56. The number of hydrogen-bond donors (Lipinski definition) is 0. The second-order valence-electron chi connectivity index (χ2n) is 7.02. The predicted molar refractivity (Wildman–Crippen MR) is 103 cm³/mol. The fourth-order valence-corrected chi connectivity index (χ4v) is 4.89. The van der Waals surface area contributed by atoms with Gasteiger partial charge in [-0.05, 0) is 49.4 Å². The molecule has 0 N–H and O–H groups in total. The SMILES string of the molecule is COc1cc2c(cc1OC)C1(CCN(C(=O)c3scnc3C)CC1)OCC2. The molecule has 3 heterocycles. The quantitative estimate of drug-likeness (QED) is 0.808. The molecular formula is C20H24N2O4S. The lowest BCUT2D eigenvalue weighted by atomic mass is 9.79. The maximum absolute atomic E-state index is 12.8. The molecule has 0 atom stereocenters. The molecule has 6 nitrogen and oxygen atoms in total. The summed E-state index contributed by atoms with van der Waals surface area (Å²) in [4.78, 5) is 19.7. The number of piperidine rings is 1. The van der Waals surface area contributed by atoms with Gasteiger partial charge in [0.1, 0.15) is 4.88 Å². The molecule has 144 valence electrons. The lowest BCUT2D eigenvalue weighted by Gasteiger charge is -2.45. The van der Waals surface area contributed by atoms with E-state index in [9.17, 15) is 4.79 Å². The first-order valence-electron chi connectivity index (χ1n) is 9.16. The number of carbonyl (C=O) groups is 1. The lowest BCUT2D eigenvalue weighted by molar-refractivity contribution is -0.0936. The van der Waals surface area contributed by atoms with Crippen LogP contribution in [0.25, 0.3) is 0 Å². The summed E-state index contributed by atoms with van der Waals surface area (Å²) in [5.41, 5.74) is 4.60. The highest BCUT2D eigenvalue weighted by Crippen LogP contribution is 2.45. The largest absolute Gasteiger partial charge is 0.493 e. The number of rotatable bonds is 3. The van der Waals surface area contributed by atoms with Crippen molar-refractivity contribution in [2.75, 3.05) is 33.9 Å². The minimum atomic E-state index is -0.355. The number of thiazole rings is 1. The smallest absolute Gasteiger partial charge is 0.265 e. The Labute approximate surface area is 163 Å². The number of benzene rings is 1. The Morgan fingerprint density at radius 3 is 2.56 bits per heavy atom. The molecule has 1 fully saturated rings. The van der Waals surface area contributed by atoms with Gasteiger partial charge in [0.25, 0.3) is 5.91 Å². The fourth-order valence-electron chi connectivity index (χ4n) is 4.12. The van der Waals surface area contributed by atoms with E-state index < -0.39 is 0 Å². The average Bonchev–Trinajstić information content (AvgIpc) is 3.13. The zero-order valence-corrected chi connectivity index (χ0v) is 16.7. The summed E-state index contributed by atoms with van der Waals surface area (Å²) in [5.74, 6) is 1.55. The van der Waals surface area contributed by atoms with Gasteiger partial charge in [-0.15, -0.1) is 11.3 Å². The Balaban J connectivity index is 1.59. The van der Waals surface area contributed by atoms with Crippen molar-refractivity contribution in [2.24, 2.45) is 0 Å². The summed E-state index contributed by atoms with van der Waals surface area (Å²) in [6.07, 6.45) is 2.41. The lowest BCUT2D eigenvalue weighted by Crippen LogP contribution is -2.48. The summed E-state index contributed by atoms with van der Waals surface area (Å²) < 4.78 is 17.3. The van der Waals surface area contributed by atoms with Gasteiger partial charge < -0.3 is 19.1 Å². The van der Waals surface area contributed by atoms with E-state index in [1.165, 1.54) is 22.5 Å². The van der Waals surface area contributed by atoms with Crippen LogP contribution < -0.4 is 9.47 Å². The van der Waals surface area contributed by atoms with Crippen molar-refractivity contribution in [2.45, 2.75) is 31.8 Å². The minimum absolute atomic E-state index is 0.0770. The van der Waals surface area contributed by atoms with Gasteiger partial charge in [-0.25, -0.2) is 4.98 Å². The number of methoxy groups -OCH3 is 2. The van der Waals surface area contributed by atoms with Crippen LogP contribution >= 0.6 is 11.3 Å². The van der Waals surface area contributed by atoms with Crippen molar-refractivity contribution in [3.63, 3.8) is 0 Å². The molecule has 2 aliphatic heterocycles. The minimum Gasteiger partial charge on any atom is -0.493 e. The zero-order chi connectivity index (χ0) is 19.0. The summed E-state index contributed by atoms with van der Waals surface area (Å²) in [6.45, 7) is 3.91. The highest BCUT2D eigenvalue weighted by Gasteiger charge is 2.42. The van der Waals surface area contributed by atoms with Gasteiger partial charge in [0.15, 0.2) is 11.5 Å². The molecule has 27 heavy (non-hydrogen) atoms. The molecule has 2 aliphatic rings. The maximum Gasteiger partial charge on any atom is 0.265 e. The van der Waals surface area contributed by atoms with Crippen LogP contribution in [0.15, 0.2) is 17.6 Å². The van der Waals surface area contributed by atoms with Gasteiger partial charge >= 0.3 is 0 Å². The van der Waals surface area contributed by atoms with Gasteiger partial charge in [-0.2, -0.15) is 0 Å². The second kappa shape index (κ2) is 7.13. The van der Waals surface area contributed by atoms with Gasteiger partial charge in [0.2, 0.25) is 0 Å². The van der Waals surface area contributed by atoms with Crippen LogP contribution in [0.1, 0.15) is 39.3 Å². The molecule has 0 bridgehead atoms. The summed E-state index contributed by atoms with van der Waals surface area (Å²) in [6, 6.07) is 4.12. The fraction of sp³-hybridized carbons (Fsp3) is 0.500. The molecule has 1 saturated heterocycles. The van der Waals surface area contributed by atoms with E-state index >= 15 is 0 Å². The predicted octanol–water partition coefficient (Wildman–Crippen LogP) is 3.17. The van der Waals surface area contributed by atoms with E-state index in [1.54, 1.807) is 19.7 Å². The molecular weight excluding hydrogens is 364 g/mol. The van der Waals surface area contributed by atoms with Crippen molar-refractivity contribution in [1.82, 2.24) is 9.88 Å². The van der Waals surface area contributed by atoms with Gasteiger partial charge in [-0.3, -0.25) is 4.79 Å². The molecule has 0 unspecified atom stereocenters. The van der Waals surface area contributed by atoms with E-state index in [0.29, 0.717) is 19.7 Å². The van der Waals surface area contributed by atoms with E-state index in [2.05, 4.69) is 17.1 Å². The number of hydrogen-bond acceptors (Lipinski definition) is 6. The number of ether oxygens (including phenoxy) is 3. The van der Waals surface area contributed by atoms with Crippen molar-refractivity contribution >= 4 is 17.2 Å². The number of amides is 1. The maximum atomic E-state index is 12.8. The van der Waals surface area contributed by atoms with Crippen molar-refractivity contribution < 1.29 is 19.0 Å². The third kappa shape index (κ3) is 3.08. The number of nitrogens with zero attached hydrogens (tertiary/aromatic N) is 2. The highest BCUT2D eigenvalue weighted by atomic mass is 32.1. The van der Waals surface area contributed by atoms with Crippen LogP contribution in [-0.2, 0) is 16.8 Å². The first-order valence-corrected chi connectivity index (χ1v) is 10.0. The summed E-state index contributed by atoms with van der Waals surface area (Å²) in [7, 11) is 3.31. The molecule has 1 aromatic carbocycles. The van der Waals surface area contributed by atoms with Crippen LogP contribution in [0.4, 0.5) is 0 Å². The summed E-state index contributed by atoms with van der Waals surface area (Å²) in [5, 5.41) is 0. The Morgan fingerprint density at radius 1 is 1.22 bits per heavy atom. The van der Waals surface area contributed by atoms with Crippen LogP contribution in [-0.4, -0.2) is 49.7 Å². The number of aromatic nitrogens is 1. The molecule has 7 heteroatoms. The van der Waals surface area contributed by atoms with Crippen molar-refractivity contribution in [1.29, 1.82) is 0 Å². The van der Waals surface area contributed by atoms with E-state index in [1.807, 2.05) is 11.8 Å². The van der Waals surface area contributed by atoms with E-state index in [0.717, 1.165) is 41.3 Å². The van der Waals surface area contributed by atoms with Crippen LogP contribution in [0, 0.1) is 6.92 Å². The molecule has 1 amide bonds. The molecule has 4 rings (SSSR count). The number of likely N-dealkylation sites (tertiary alicyclic amines) is 1. The zero-order valence-electron chi connectivity index (χ0n) is 15.9. The van der Waals surface area contributed by atoms with Crippen LogP contribution in [0.3, 0.4) is 0 Å². The van der Waals surface area contributed by atoms with Crippen molar-refractivity contribution in [3.05, 3.63) is 39.3 Å². The first-order chi connectivity index (χ1) is 13.1. The standard InChI is InChI=1S/C20H24N2O4S/c1-13-18(27-12-21-13)19(23)22-7-5-20(6-8-22)15-11-17(25-3)16(24-2)10-14(15)4-9-26-20/h10-12H,4-9H2,1-3H3. The number of fused-ring (bicyclic) bond motifs is 2. The molecule has 1 aromatic heterocycles. The molecule has 0 aliphatic carbocycles. The van der Waals surface area contributed by atoms with Gasteiger partial charge in [0.05, 0.1) is 37.6 Å². The van der Waals surface area contributed by atoms with Crippen LogP contribution in [0.5, 0.6) is 11.5 Å². The molecule has 2 aromatic rings. The van der Waals surface area contributed by atoms with Gasteiger partial charge in [-0.1, -0.05) is 0 Å². The molecule has 0 saturated carbocycles. The summed E-state index contributed by atoms with van der Waals surface area (Å²) >= 11 is 1.41. The van der Waals surface area contributed by atoms with E-state index in [4.69, 9.17) is 14.2 Å². The Kier molecular flexibility index (Phi) is 4.82. The Hall–Kier alpha value is -2.12. The second-order valence-corrected chi connectivity index (χ2v) is 7.87. The number of carbonyl (C=O) groups excluding carboxylic acids is 1.